The molecule has 5 rings (SSSR count). The number of hydrogen-bond donors (Lipinski definition) is 2. The molecule has 3 heterocycles. The van der Waals surface area contributed by atoms with Crippen LogP contribution in [0.5, 0.6) is 0 Å². The molecule has 3 aliphatic rings. The van der Waals surface area contributed by atoms with Gasteiger partial charge in [0.05, 0.1) is 18.1 Å². The molecule has 2 N–H and O–H groups in total. The first-order valence-corrected chi connectivity index (χ1v) is 11.9. The summed E-state index contributed by atoms with van der Waals surface area (Å²) >= 11 is 0. The summed E-state index contributed by atoms with van der Waals surface area (Å²) in [5.41, 5.74) is 6.00. The standard InChI is InChI=1S/C25H31N5O3/c31-24(29-33-25-7-3-4-12-32-25)9-8-20-15-27-23(16-26-20)28-21-10-11-30(17-21)22-13-18-5-1-2-6-19(18)14-22/h1-2,5-6,8-9,15-16,21-22,25H,3-4,7,10-14,17H2,(H,27,28)(H,29,31)/b9-8+/t21-,25?/m1/s1. The van der Waals surface area contributed by atoms with Gasteiger partial charge in [-0.15, -0.1) is 0 Å². The van der Waals surface area contributed by atoms with Gasteiger partial charge in [-0.3, -0.25) is 14.7 Å². The lowest BCUT2D eigenvalue weighted by Gasteiger charge is -2.23. The quantitative estimate of drug-likeness (QED) is 0.496. The summed E-state index contributed by atoms with van der Waals surface area (Å²) in [6.07, 6.45) is 12.3. The molecule has 2 aromatic rings. The zero-order chi connectivity index (χ0) is 22.5. The maximum absolute atomic E-state index is 11.9. The van der Waals surface area contributed by atoms with Crippen LogP contribution in [0, 0.1) is 0 Å². The molecule has 2 saturated heterocycles. The van der Waals surface area contributed by atoms with Gasteiger partial charge in [0.25, 0.3) is 5.91 Å². The lowest BCUT2D eigenvalue weighted by Crippen LogP contribution is -2.35. The molecule has 174 valence electrons. The third-order valence-corrected chi connectivity index (χ3v) is 6.62. The Hall–Kier alpha value is -2.81. The van der Waals surface area contributed by atoms with E-state index in [1.54, 1.807) is 18.5 Å². The van der Waals surface area contributed by atoms with Crippen molar-refractivity contribution in [1.29, 1.82) is 0 Å². The van der Waals surface area contributed by atoms with E-state index in [1.165, 1.54) is 17.2 Å². The molecule has 0 spiro atoms. The molecule has 33 heavy (non-hydrogen) atoms. The number of aromatic nitrogens is 2. The summed E-state index contributed by atoms with van der Waals surface area (Å²) in [6, 6.07) is 9.77. The lowest BCUT2D eigenvalue weighted by atomic mass is 10.1. The minimum absolute atomic E-state index is 0.353. The second-order valence-electron chi connectivity index (χ2n) is 9.00. The molecule has 1 unspecified atom stereocenters. The molecule has 1 aromatic heterocycles. The maximum Gasteiger partial charge on any atom is 0.267 e. The summed E-state index contributed by atoms with van der Waals surface area (Å²) in [7, 11) is 0. The number of anilines is 1. The number of fused-ring (bicyclic) bond motifs is 1. The fourth-order valence-electron chi connectivity index (χ4n) is 4.86. The van der Waals surface area contributed by atoms with Gasteiger partial charge >= 0.3 is 0 Å². The van der Waals surface area contributed by atoms with E-state index in [0.717, 1.165) is 57.4 Å². The number of likely N-dealkylation sites (tertiary alicyclic amines) is 1. The number of hydrogen-bond acceptors (Lipinski definition) is 7. The molecule has 1 aliphatic carbocycles. The van der Waals surface area contributed by atoms with Crippen molar-refractivity contribution in [2.45, 2.75) is 56.9 Å². The van der Waals surface area contributed by atoms with Crippen molar-refractivity contribution in [3.05, 3.63) is 59.6 Å². The van der Waals surface area contributed by atoms with Crippen LogP contribution < -0.4 is 10.8 Å². The van der Waals surface area contributed by atoms with Gasteiger partial charge in [0.15, 0.2) is 6.29 Å². The van der Waals surface area contributed by atoms with Crippen LogP contribution in [0.4, 0.5) is 5.82 Å². The molecular weight excluding hydrogens is 418 g/mol. The van der Waals surface area contributed by atoms with Gasteiger partial charge < -0.3 is 10.1 Å². The largest absolute Gasteiger partial charge is 0.365 e. The zero-order valence-electron chi connectivity index (χ0n) is 18.8. The number of benzene rings is 1. The predicted molar refractivity (Wildman–Crippen MR) is 125 cm³/mol. The molecule has 0 radical (unpaired) electrons. The SMILES string of the molecule is O=C(/C=C/c1cnc(N[C@@H]2CCN(C3Cc4ccccc4C3)C2)cn1)NOC1CCCCO1. The molecule has 0 bridgehead atoms. The van der Waals surface area contributed by atoms with E-state index in [4.69, 9.17) is 9.57 Å². The van der Waals surface area contributed by atoms with Gasteiger partial charge in [0.2, 0.25) is 0 Å². The van der Waals surface area contributed by atoms with E-state index in [-0.39, 0.29) is 12.2 Å². The Balaban J connectivity index is 1.06. The molecule has 0 saturated carbocycles. The third-order valence-electron chi connectivity index (χ3n) is 6.62. The topological polar surface area (TPSA) is 88.6 Å². The fourth-order valence-corrected chi connectivity index (χ4v) is 4.86. The summed E-state index contributed by atoms with van der Waals surface area (Å²) in [6.45, 7) is 2.79. The van der Waals surface area contributed by atoms with E-state index in [9.17, 15) is 4.79 Å². The van der Waals surface area contributed by atoms with Gasteiger partial charge in [0.1, 0.15) is 5.82 Å². The van der Waals surface area contributed by atoms with E-state index < -0.39 is 0 Å². The first kappa shape index (κ1) is 22.0. The fraction of sp³-hybridized carbons (Fsp3) is 0.480. The molecular formula is C25H31N5O3. The smallest absolute Gasteiger partial charge is 0.267 e. The van der Waals surface area contributed by atoms with Gasteiger partial charge in [-0.1, -0.05) is 24.3 Å². The van der Waals surface area contributed by atoms with Crippen LogP contribution in [0.15, 0.2) is 42.7 Å². The Bertz CT molecular complexity index is 949. The molecule has 2 fully saturated rings. The van der Waals surface area contributed by atoms with Crippen molar-refractivity contribution in [2.24, 2.45) is 0 Å². The van der Waals surface area contributed by atoms with E-state index >= 15 is 0 Å². The lowest BCUT2D eigenvalue weighted by molar-refractivity contribution is -0.198. The van der Waals surface area contributed by atoms with Gasteiger partial charge in [-0.25, -0.2) is 15.3 Å². The van der Waals surface area contributed by atoms with Crippen molar-refractivity contribution in [2.75, 3.05) is 25.0 Å². The summed E-state index contributed by atoms with van der Waals surface area (Å²) in [5.74, 6) is 0.407. The third kappa shape index (κ3) is 5.76. The monoisotopic (exact) mass is 449 g/mol. The Labute approximate surface area is 194 Å². The molecule has 8 nitrogen and oxygen atoms in total. The van der Waals surface area contributed by atoms with Crippen LogP contribution in [0.3, 0.4) is 0 Å². The number of hydroxylamine groups is 1. The zero-order valence-corrected chi connectivity index (χ0v) is 18.8. The Morgan fingerprint density at radius 1 is 1.12 bits per heavy atom. The second-order valence-corrected chi connectivity index (χ2v) is 9.00. The molecule has 1 amide bonds. The predicted octanol–water partition coefficient (Wildman–Crippen LogP) is 2.72. The summed E-state index contributed by atoms with van der Waals surface area (Å²) < 4.78 is 5.42. The summed E-state index contributed by atoms with van der Waals surface area (Å²) in [5, 5.41) is 3.51. The molecule has 2 atom stereocenters. The van der Waals surface area contributed by atoms with Gasteiger partial charge in [-0.05, 0) is 49.3 Å². The van der Waals surface area contributed by atoms with Crippen molar-refractivity contribution in [1.82, 2.24) is 20.3 Å². The maximum atomic E-state index is 11.9. The highest BCUT2D eigenvalue weighted by Gasteiger charge is 2.32. The average molecular weight is 450 g/mol. The van der Waals surface area contributed by atoms with Crippen LogP contribution in [-0.4, -0.2) is 58.8 Å². The first-order valence-electron chi connectivity index (χ1n) is 11.9. The Morgan fingerprint density at radius 3 is 2.70 bits per heavy atom. The van der Waals surface area contributed by atoms with Crippen molar-refractivity contribution in [3.63, 3.8) is 0 Å². The van der Waals surface area contributed by atoms with Crippen molar-refractivity contribution >= 4 is 17.8 Å². The highest BCUT2D eigenvalue weighted by molar-refractivity contribution is 5.90. The van der Waals surface area contributed by atoms with Crippen LogP contribution in [-0.2, 0) is 27.2 Å². The molecule has 2 aliphatic heterocycles. The Morgan fingerprint density at radius 2 is 1.97 bits per heavy atom. The van der Waals surface area contributed by atoms with Crippen molar-refractivity contribution in [3.8, 4) is 0 Å². The minimum Gasteiger partial charge on any atom is -0.365 e. The van der Waals surface area contributed by atoms with E-state index in [0.29, 0.717) is 24.4 Å². The van der Waals surface area contributed by atoms with Crippen LogP contribution in [0.1, 0.15) is 42.5 Å². The number of carbonyl (C=O) groups is 1. The van der Waals surface area contributed by atoms with Gasteiger partial charge in [-0.2, -0.15) is 0 Å². The number of nitrogens with one attached hydrogen (secondary N) is 2. The minimum atomic E-state index is -0.364. The van der Waals surface area contributed by atoms with Crippen LogP contribution >= 0.6 is 0 Å². The first-order chi connectivity index (χ1) is 16.2. The molecule has 1 aromatic carbocycles. The number of carbonyl (C=O) groups excluding carboxylic acids is 1. The van der Waals surface area contributed by atoms with E-state index in [2.05, 4.69) is 49.9 Å². The van der Waals surface area contributed by atoms with Crippen molar-refractivity contribution < 1.29 is 14.4 Å². The number of nitrogens with zero attached hydrogens (tertiary/aromatic N) is 3. The normalized spacial score (nSPS) is 23.6. The van der Waals surface area contributed by atoms with Gasteiger partial charge in [0, 0.05) is 44.3 Å². The number of ether oxygens (including phenoxy) is 1. The highest BCUT2D eigenvalue weighted by Crippen LogP contribution is 2.28. The Kier molecular flexibility index (Phi) is 6.95. The van der Waals surface area contributed by atoms with Crippen LogP contribution in [0.25, 0.3) is 6.08 Å². The number of rotatable bonds is 7. The second kappa shape index (κ2) is 10.4. The number of amides is 1. The van der Waals surface area contributed by atoms with Crippen LogP contribution in [0.2, 0.25) is 0 Å². The highest BCUT2D eigenvalue weighted by atomic mass is 16.8. The summed E-state index contributed by atoms with van der Waals surface area (Å²) in [4.78, 5) is 28.7. The van der Waals surface area contributed by atoms with E-state index in [1.807, 2.05) is 0 Å². The average Bonchev–Trinajstić information content (AvgIpc) is 3.50. The molecule has 8 heteroatoms.